The maximum atomic E-state index is 9.17. The molecule has 0 radical (unpaired) electrons. The minimum Gasteiger partial charge on any atom is -0.196 e. The van der Waals surface area contributed by atoms with E-state index in [4.69, 9.17) is 0 Å². The SMILES string of the molecule is CCCCC#CCCC/C=C1/CCCC1(C#N)C#N. The van der Waals surface area contributed by atoms with Gasteiger partial charge in [-0.05, 0) is 44.1 Å². The van der Waals surface area contributed by atoms with Crippen molar-refractivity contribution >= 4 is 0 Å². The van der Waals surface area contributed by atoms with Gasteiger partial charge < -0.3 is 0 Å². The lowest BCUT2D eigenvalue weighted by Gasteiger charge is -2.12. The molecule has 2 heteroatoms. The van der Waals surface area contributed by atoms with E-state index in [1.54, 1.807) is 0 Å². The van der Waals surface area contributed by atoms with Crippen LogP contribution in [0.3, 0.4) is 0 Å². The molecule has 0 aromatic heterocycles. The van der Waals surface area contributed by atoms with Gasteiger partial charge in [0.05, 0.1) is 12.1 Å². The molecule has 100 valence electrons. The van der Waals surface area contributed by atoms with Gasteiger partial charge in [-0.2, -0.15) is 10.5 Å². The maximum Gasteiger partial charge on any atom is 0.164 e. The van der Waals surface area contributed by atoms with Crippen molar-refractivity contribution in [2.24, 2.45) is 5.41 Å². The fourth-order valence-electron chi connectivity index (χ4n) is 2.38. The molecule has 2 nitrogen and oxygen atoms in total. The van der Waals surface area contributed by atoms with Crippen molar-refractivity contribution in [3.8, 4) is 24.0 Å². The van der Waals surface area contributed by atoms with Crippen LogP contribution in [0.25, 0.3) is 0 Å². The van der Waals surface area contributed by atoms with Crippen molar-refractivity contribution in [2.45, 2.75) is 64.7 Å². The van der Waals surface area contributed by atoms with Gasteiger partial charge in [0, 0.05) is 12.8 Å². The zero-order valence-corrected chi connectivity index (χ0v) is 11.8. The van der Waals surface area contributed by atoms with E-state index < -0.39 is 5.41 Å². The first-order valence-corrected chi connectivity index (χ1v) is 7.27. The third kappa shape index (κ3) is 4.46. The smallest absolute Gasteiger partial charge is 0.164 e. The monoisotopic (exact) mass is 254 g/mol. The standard InChI is InChI=1S/C17H22N2/c1-2-3-4-5-6-7-8-9-11-16-12-10-13-17(16,14-18)15-19/h11H,2-4,7-10,12-13H2,1H3/b16-11-. The third-order valence-corrected chi connectivity index (χ3v) is 3.60. The minimum absolute atomic E-state index is 0.697. The number of hydrogen-bond donors (Lipinski definition) is 0. The predicted octanol–water partition coefficient (Wildman–Crippen LogP) is 4.49. The molecule has 1 fully saturated rings. The predicted molar refractivity (Wildman–Crippen MR) is 76.7 cm³/mol. The highest BCUT2D eigenvalue weighted by Crippen LogP contribution is 2.42. The summed E-state index contributed by atoms with van der Waals surface area (Å²) in [5, 5.41) is 18.3. The fraction of sp³-hybridized carbons (Fsp3) is 0.647. The van der Waals surface area contributed by atoms with Gasteiger partial charge >= 0.3 is 0 Å². The lowest BCUT2D eigenvalue weighted by atomic mass is 9.85. The van der Waals surface area contributed by atoms with Crippen molar-refractivity contribution in [3.63, 3.8) is 0 Å². The Morgan fingerprint density at radius 1 is 1.16 bits per heavy atom. The Kier molecular flexibility index (Phi) is 6.78. The lowest BCUT2D eigenvalue weighted by molar-refractivity contribution is 0.630. The fourth-order valence-corrected chi connectivity index (χ4v) is 2.38. The van der Waals surface area contributed by atoms with E-state index in [9.17, 15) is 10.5 Å². The summed E-state index contributed by atoms with van der Waals surface area (Å²) < 4.78 is 0. The Hall–Kier alpha value is -1.72. The van der Waals surface area contributed by atoms with Gasteiger partial charge in [0.25, 0.3) is 0 Å². The van der Waals surface area contributed by atoms with Crippen molar-refractivity contribution in [2.75, 3.05) is 0 Å². The molecular weight excluding hydrogens is 232 g/mol. The van der Waals surface area contributed by atoms with E-state index in [1.165, 1.54) is 12.8 Å². The van der Waals surface area contributed by atoms with Gasteiger partial charge in [-0.3, -0.25) is 0 Å². The largest absolute Gasteiger partial charge is 0.196 e. The third-order valence-electron chi connectivity index (χ3n) is 3.60. The van der Waals surface area contributed by atoms with Crippen LogP contribution >= 0.6 is 0 Å². The second kappa shape index (κ2) is 8.39. The molecule has 0 aliphatic heterocycles. The molecule has 0 N–H and O–H groups in total. The molecule has 0 spiro atoms. The van der Waals surface area contributed by atoms with Gasteiger partial charge in [-0.1, -0.05) is 19.4 Å². The van der Waals surface area contributed by atoms with Crippen LogP contribution in [0.15, 0.2) is 11.6 Å². The first-order valence-electron chi connectivity index (χ1n) is 7.27. The zero-order chi connectivity index (χ0) is 14.0. The highest BCUT2D eigenvalue weighted by molar-refractivity contribution is 5.35. The van der Waals surface area contributed by atoms with Gasteiger partial charge in [0.2, 0.25) is 0 Å². The first-order chi connectivity index (χ1) is 9.29. The molecule has 0 heterocycles. The minimum atomic E-state index is -0.827. The second-order valence-corrected chi connectivity index (χ2v) is 5.06. The van der Waals surface area contributed by atoms with Crippen LogP contribution in [0, 0.1) is 39.9 Å². The Balaban J connectivity index is 2.35. The second-order valence-electron chi connectivity index (χ2n) is 5.06. The summed E-state index contributed by atoms with van der Waals surface area (Å²) in [4.78, 5) is 0. The van der Waals surface area contributed by atoms with Crippen LogP contribution in [0.4, 0.5) is 0 Å². The molecule has 0 amide bonds. The summed E-state index contributed by atoms with van der Waals surface area (Å²) in [6.45, 7) is 2.17. The zero-order valence-electron chi connectivity index (χ0n) is 11.8. The van der Waals surface area contributed by atoms with E-state index in [2.05, 4.69) is 37.0 Å². The number of allylic oxidation sites excluding steroid dienone is 2. The molecule has 19 heavy (non-hydrogen) atoms. The number of unbranched alkanes of at least 4 members (excludes halogenated alkanes) is 4. The van der Waals surface area contributed by atoms with Gasteiger partial charge in [-0.25, -0.2) is 0 Å². The molecule has 1 rings (SSSR count). The molecule has 0 aromatic rings. The van der Waals surface area contributed by atoms with Crippen molar-refractivity contribution < 1.29 is 0 Å². The molecule has 1 aliphatic rings. The van der Waals surface area contributed by atoms with Crippen molar-refractivity contribution in [1.82, 2.24) is 0 Å². The maximum absolute atomic E-state index is 9.17. The van der Waals surface area contributed by atoms with Gasteiger partial charge in [-0.15, -0.1) is 11.8 Å². The Morgan fingerprint density at radius 3 is 2.47 bits per heavy atom. The number of nitriles is 2. The molecule has 1 saturated carbocycles. The number of hydrogen-bond acceptors (Lipinski definition) is 2. The molecule has 0 saturated heterocycles. The highest BCUT2D eigenvalue weighted by atomic mass is 14.5. The lowest BCUT2D eigenvalue weighted by Crippen LogP contribution is -2.12. The van der Waals surface area contributed by atoms with Gasteiger partial charge in [0.1, 0.15) is 0 Å². The molecule has 0 atom stereocenters. The van der Waals surface area contributed by atoms with Crippen molar-refractivity contribution in [3.05, 3.63) is 11.6 Å². The van der Waals surface area contributed by atoms with E-state index in [0.717, 1.165) is 44.1 Å². The summed E-state index contributed by atoms with van der Waals surface area (Å²) in [7, 11) is 0. The van der Waals surface area contributed by atoms with E-state index in [-0.39, 0.29) is 0 Å². The molecule has 0 bridgehead atoms. The Labute approximate surface area is 117 Å². The highest BCUT2D eigenvalue weighted by Gasteiger charge is 2.38. The quantitative estimate of drug-likeness (QED) is 0.412. The van der Waals surface area contributed by atoms with Crippen LogP contribution in [0.1, 0.15) is 64.7 Å². The van der Waals surface area contributed by atoms with Crippen LogP contribution < -0.4 is 0 Å². The van der Waals surface area contributed by atoms with Crippen LogP contribution in [-0.2, 0) is 0 Å². The van der Waals surface area contributed by atoms with Gasteiger partial charge in [0.15, 0.2) is 5.41 Å². The topological polar surface area (TPSA) is 47.6 Å². The molecule has 0 aromatic carbocycles. The molecular formula is C17H22N2. The average molecular weight is 254 g/mol. The van der Waals surface area contributed by atoms with E-state index in [1.807, 2.05) is 0 Å². The average Bonchev–Trinajstić information content (AvgIpc) is 2.85. The first kappa shape index (κ1) is 15.3. The number of rotatable bonds is 5. The van der Waals surface area contributed by atoms with Crippen molar-refractivity contribution in [1.29, 1.82) is 10.5 Å². The molecule has 1 aliphatic carbocycles. The van der Waals surface area contributed by atoms with E-state index >= 15 is 0 Å². The normalized spacial score (nSPS) is 18.4. The molecule has 0 unspecified atom stereocenters. The Bertz CT molecular complexity index is 434. The van der Waals surface area contributed by atoms with Crippen LogP contribution in [0.2, 0.25) is 0 Å². The van der Waals surface area contributed by atoms with Crippen LogP contribution in [-0.4, -0.2) is 0 Å². The summed E-state index contributed by atoms with van der Waals surface area (Å²) in [5.74, 6) is 6.36. The number of nitrogens with zero attached hydrogens (tertiary/aromatic N) is 2. The summed E-state index contributed by atoms with van der Waals surface area (Å²) in [6, 6.07) is 4.39. The summed E-state index contributed by atoms with van der Waals surface area (Å²) >= 11 is 0. The van der Waals surface area contributed by atoms with Crippen LogP contribution in [0.5, 0.6) is 0 Å². The summed E-state index contributed by atoms with van der Waals surface area (Å²) in [6.07, 6.45) is 10.9. The Morgan fingerprint density at radius 2 is 1.84 bits per heavy atom. The summed E-state index contributed by atoms with van der Waals surface area (Å²) in [5.41, 5.74) is 0.212. The van der Waals surface area contributed by atoms with E-state index in [0.29, 0.717) is 6.42 Å².